The van der Waals surface area contributed by atoms with Crippen molar-refractivity contribution in [1.82, 2.24) is 0 Å². The number of ether oxygens (including phenoxy) is 4. The van der Waals surface area contributed by atoms with Crippen LogP contribution in [0.3, 0.4) is 0 Å². The molecule has 2 unspecified atom stereocenters. The zero-order valence-electron chi connectivity index (χ0n) is 15.3. The van der Waals surface area contributed by atoms with Gasteiger partial charge in [-0.1, -0.05) is 6.08 Å². The van der Waals surface area contributed by atoms with Gasteiger partial charge < -0.3 is 44.5 Å². The summed E-state index contributed by atoms with van der Waals surface area (Å²) in [6, 6.07) is 0. The Labute approximate surface area is 160 Å². The van der Waals surface area contributed by atoms with E-state index >= 15 is 0 Å². The normalized spacial score (nSPS) is 37.1. The molecule has 0 amide bonds. The molecule has 11 heteroatoms. The lowest BCUT2D eigenvalue weighted by atomic mass is 9.86. The van der Waals surface area contributed by atoms with Gasteiger partial charge in [-0.2, -0.15) is 0 Å². The van der Waals surface area contributed by atoms with E-state index < -0.39 is 67.9 Å². The van der Waals surface area contributed by atoms with E-state index in [2.05, 4.69) is 4.74 Å². The summed E-state index contributed by atoms with van der Waals surface area (Å²) < 4.78 is 20.8. The number of aliphatic hydroxyl groups excluding tert-OH is 4. The quantitative estimate of drug-likeness (QED) is 0.251. The number of aliphatic hydroxyl groups is 4. The van der Waals surface area contributed by atoms with Crippen molar-refractivity contribution in [3.63, 3.8) is 0 Å². The van der Waals surface area contributed by atoms with Crippen molar-refractivity contribution in [2.24, 2.45) is 5.92 Å². The van der Waals surface area contributed by atoms with Crippen LogP contribution in [0.1, 0.15) is 13.3 Å². The summed E-state index contributed by atoms with van der Waals surface area (Å²) in [5, 5.41) is 48.2. The van der Waals surface area contributed by atoms with Gasteiger partial charge in [-0.15, -0.1) is 0 Å². The van der Waals surface area contributed by atoms with Crippen LogP contribution in [0.15, 0.2) is 23.5 Å². The Morgan fingerprint density at radius 1 is 1.21 bits per heavy atom. The predicted molar refractivity (Wildman–Crippen MR) is 89.3 cm³/mol. The number of methoxy groups -OCH3 is 1. The molecule has 0 bridgehead atoms. The average Bonchev–Trinajstić information content (AvgIpc) is 2.67. The Morgan fingerprint density at radius 2 is 1.89 bits per heavy atom. The molecular formula is C17H24O11. The zero-order valence-corrected chi connectivity index (χ0v) is 15.3. The molecule has 0 spiro atoms. The Balaban J connectivity index is 2.26. The first kappa shape index (κ1) is 22.3. The zero-order chi connectivity index (χ0) is 21.0. The summed E-state index contributed by atoms with van der Waals surface area (Å²) in [5.41, 5.74) is 0.244. The molecule has 5 N–H and O–H groups in total. The fourth-order valence-corrected chi connectivity index (χ4v) is 3.10. The third-order valence-electron chi connectivity index (χ3n) is 4.61. The number of carboxylic acids is 1. The van der Waals surface area contributed by atoms with Gasteiger partial charge in [0, 0.05) is 11.5 Å². The molecule has 1 saturated heterocycles. The maximum absolute atomic E-state index is 11.9. The maximum Gasteiger partial charge on any atom is 0.337 e. The SMILES string of the molecule is C/C=C1\C(O[C@@H]2O[C@H](CO)[C@@H](O)[C@H](O)[C@H]2O)OC=C(C(=O)OC)C1CC(=O)O. The molecule has 2 aliphatic rings. The number of carboxylic acid groups (broad SMARTS) is 1. The van der Waals surface area contributed by atoms with Crippen LogP contribution in [-0.2, 0) is 28.5 Å². The first-order chi connectivity index (χ1) is 13.2. The highest BCUT2D eigenvalue weighted by atomic mass is 16.8. The fourth-order valence-electron chi connectivity index (χ4n) is 3.10. The minimum absolute atomic E-state index is 0.0216. The molecule has 2 aliphatic heterocycles. The number of hydrogen-bond acceptors (Lipinski definition) is 10. The molecule has 0 aliphatic carbocycles. The van der Waals surface area contributed by atoms with Crippen molar-refractivity contribution in [1.29, 1.82) is 0 Å². The Bertz CT molecular complexity index is 641. The summed E-state index contributed by atoms with van der Waals surface area (Å²) in [6.45, 7) is 0.943. The monoisotopic (exact) mass is 404 g/mol. The molecular weight excluding hydrogens is 380 g/mol. The van der Waals surface area contributed by atoms with Crippen LogP contribution in [0.5, 0.6) is 0 Å². The topological polar surface area (TPSA) is 172 Å². The van der Waals surface area contributed by atoms with E-state index in [1.807, 2.05) is 0 Å². The first-order valence-electron chi connectivity index (χ1n) is 8.52. The Kier molecular flexibility index (Phi) is 7.52. The summed E-state index contributed by atoms with van der Waals surface area (Å²) in [6.07, 6.45) is -6.72. The van der Waals surface area contributed by atoms with Gasteiger partial charge in [0.15, 0.2) is 6.29 Å². The summed E-state index contributed by atoms with van der Waals surface area (Å²) in [5.74, 6) is -2.86. The minimum atomic E-state index is -1.66. The van der Waals surface area contributed by atoms with E-state index in [4.69, 9.17) is 14.2 Å². The van der Waals surface area contributed by atoms with E-state index in [0.717, 1.165) is 13.4 Å². The summed E-state index contributed by atoms with van der Waals surface area (Å²) in [4.78, 5) is 23.2. The lowest BCUT2D eigenvalue weighted by Crippen LogP contribution is -2.60. The second-order valence-electron chi connectivity index (χ2n) is 6.31. The van der Waals surface area contributed by atoms with Gasteiger partial charge in [0.05, 0.1) is 32.0 Å². The van der Waals surface area contributed by atoms with Crippen molar-refractivity contribution in [2.45, 2.75) is 50.3 Å². The largest absolute Gasteiger partial charge is 0.481 e. The van der Waals surface area contributed by atoms with Gasteiger partial charge in [0.25, 0.3) is 0 Å². The summed E-state index contributed by atoms with van der Waals surface area (Å²) >= 11 is 0. The van der Waals surface area contributed by atoms with Gasteiger partial charge in [-0.05, 0) is 6.92 Å². The van der Waals surface area contributed by atoms with E-state index in [0.29, 0.717) is 0 Å². The first-order valence-corrected chi connectivity index (χ1v) is 8.52. The number of carbonyl (C=O) groups excluding carboxylic acids is 1. The molecule has 0 radical (unpaired) electrons. The number of rotatable bonds is 6. The Morgan fingerprint density at radius 3 is 2.43 bits per heavy atom. The van der Waals surface area contributed by atoms with Crippen LogP contribution >= 0.6 is 0 Å². The molecule has 158 valence electrons. The van der Waals surface area contributed by atoms with E-state index in [9.17, 15) is 35.1 Å². The van der Waals surface area contributed by atoms with Crippen molar-refractivity contribution in [3.05, 3.63) is 23.5 Å². The molecule has 1 fully saturated rings. The van der Waals surface area contributed by atoms with Gasteiger partial charge >= 0.3 is 11.9 Å². The molecule has 28 heavy (non-hydrogen) atoms. The average molecular weight is 404 g/mol. The minimum Gasteiger partial charge on any atom is -0.481 e. The predicted octanol–water partition coefficient (Wildman–Crippen LogP) is -1.75. The number of hydrogen-bond donors (Lipinski definition) is 5. The van der Waals surface area contributed by atoms with Gasteiger partial charge in [0.1, 0.15) is 24.4 Å². The standard InChI is InChI=1S/C17H24O11/c1-3-7-8(4-11(19)20)9(15(24)25-2)6-26-16(7)28-17-14(23)13(22)12(21)10(5-18)27-17/h3,6,8,10,12-14,16-18,21-23H,4-5H2,1-2H3,(H,19,20)/b7-3-/t8?,10-,12-,13+,14-,16?,17+/m1/s1. The molecule has 2 rings (SSSR count). The van der Waals surface area contributed by atoms with Crippen LogP contribution in [-0.4, -0.2) is 88.2 Å². The van der Waals surface area contributed by atoms with Gasteiger partial charge in [-0.25, -0.2) is 4.79 Å². The third-order valence-corrected chi connectivity index (χ3v) is 4.61. The molecule has 0 aromatic carbocycles. The molecule has 0 saturated carbocycles. The van der Waals surface area contributed by atoms with Crippen LogP contribution < -0.4 is 0 Å². The van der Waals surface area contributed by atoms with Crippen LogP contribution in [0, 0.1) is 5.92 Å². The highest BCUT2D eigenvalue weighted by molar-refractivity contribution is 5.90. The summed E-state index contributed by atoms with van der Waals surface area (Å²) in [7, 11) is 1.15. The van der Waals surface area contributed by atoms with Crippen LogP contribution in [0.2, 0.25) is 0 Å². The second-order valence-corrected chi connectivity index (χ2v) is 6.31. The second kappa shape index (κ2) is 9.45. The lowest BCUT2D eigenvalue weighted by Gasteiger charge is -2.41. The van der Waals surface area contributed by atoms with Crippen molar-refractivity contribution < 1.29 is 54.1 Å². The Hall–Kier alpha value is -2.02. The molecule has 0 aromatic heterocycles. The highest BCUT2D eigenvalue weighted by Gasteiger charge is 2.46. The number of carbonyl (C=O) groups is 2. The van der Waals surface area contributed by atoms with E-state index in [1.54, 1.807) is 6.92 Å². The smallest absolute Gasteiger partial charge is 0.337 e. The maximum atomic E-state index is 11.9. The number of aliphatic carboxylic acids is 1. The van der Waals surface area contributed by atoms with Crippen molar-refractivity contribution >= 4 is 11.9 Å². The van der Waals surface area contributed by atoms with Crippen molar-refractivity contribution in [2.75, 3.05) is 13.7 Å². The number of esters is 1. The number of allylic oxidation sites excluding steroid dienone is 1. The van der Waals surface area contributed by atoms with Gasteiger partial charge in [0.2, 0.25) is 6.29 Å². The fraction of sp³-hybridized carbons (Fsp3) is 0.647. The van der Waals surface area contributed by atoms with Crippen LogP contribution in [0.4, 0.5) is 0 Å². The molecule has 0 aromatic rings. The molecule has 2 heterocycles. The van der Waals surface area contributed by atoms with Gasteiger partial charge in [-0.3, -0.25) is 4.79 Å². The van der Waals surface area contributed by atoms with Crippen molar-refractivity contribution in [3.8, 4) is 0 Å². The molecule has 7 atom stereocenters. The highest BCUT2D eigenvalue weighted by Crippen LogP contribution is 2.35. The van der Waals surface area contributed by atoms with Crippen LogP contribution in [0.25, 0.3) is 0 Å². The lowest BCUT2D eigenvalue weighted by molar-refractivity contribution is -0.327. The molecule has 11 nitrogen and oxygen atoms in total. The van der Waals surface area contributed by atoms with E-state index in [-0.39, 0.29) is 11.1 Å². The third kappa shape index (κ3) is 4.51. The van der Waals surface area contributed by atoms with E-state index in [1.165, 1.54) is 6.08 Å².